The van der Waals surface area contributed by atoms with Crippen molar-refractivity contribution >= 4 is 0 Å². The Bertz CT molecular complexity index is 418. The minimum Gasteiger partial charge on any atom is -0.391 e. The zero-order valence-corrected chi connectivity index (χ0v) is 12.0. The first-order valence-corrected chi connectivity index (χ1v) is 7.64. The fourth-order valence-corrected chi connectivity index (χ4v) is 3.75. The molecule has 2 aliphatic rings. The molecule has 1 fully saturated rings. The van der Waals surface area contributed by atoms with Crippen molar-refractivity contribution in [1.82, 2.24) is 4.90 Å². The Balaban J connectivity index is 1.72. The summed E-state index contributed by atoms with van der Waals surface area (Å²) < 4.78 is 0. The fraction of sp³-hybridized carbons (Fsp3) is 0.647. The molecule has 1 N–H and O–H groups in total. The molecule has 0 spiro atoms. The second kappa shape index (κ2) is 5.26. The van der Waals surface area contributed by atoms with Gasteiger partial charge in [-0.3, -0.25) is 4.90 Å². The molecular weight excluding hydrogens is 234 g/mol. The van der Waals surface area contributed by atoms with Crippen LogP contribution in [0, 0.1) is 11.8 Å². The summed E-state index contributed by atoms with van der Waals surface area (Å²) in [4.78, 5) is 2.49. The molecule has 3 rings (SSSR count). The van der Waals surface area contributed by atoms with Crippen LogP contribution in [0.15, 0.2) is 24.3 Å². The molecule has 0 bridgehead atoms. The van der Waals surface area contributed by atoms with Crippen molar-refractivity contribution in [2.24, 2.45) is 11.8 Å². The molecule has 1 saturated carbocycles. The Morgan fingerprint density at radius 2 is 1.74 bits per heavy atom. The van der Waals surface area contributed by atoms with Crippen LogP contribution in [0.25, 0.3) is 0 Å². The van der Waals surface area contributed by atoms with Gasteiger partial charge in [0.25, 0.3) is 0 Å². The zero-order valence-electron chi connectivity index (χ0n) is 12.0. The van der Waals surface area contributed by atoms with Crippen LogP contribution < -0.4 is 0 Å². The van der Waals surface area contributed by atoms with Gasteiger partial charge in [-0.1, -0.05) is 38.1 Å². The average molecular weight is 259 g/mol. The average Bonchev–Trinajstić information content (AvgIpc) is 2.82. The lowest BCUT2D eigenvalue weighted by molar-refractivity contribution is -0.00660. The number of aliphatic hydroxyl groups is 1. The summed E-state index contributed by atoms with van der Waals surface area (Å²) >= 11 is 0. The Kier molecular flexibility index (Phi) is 3.64. The summed E-state index contributed by atoms with van der Waals surface area (Å²) in [5.41, 5.74) is 2.89. The molecule has 3 atom stereocenters. The summed E-state index contributed by atoms with van der Waals surface area (Å²) in [6.07, 6.45) is 3.19. The van der Waals surface area contributed by atoms with Crippen LogP contribution in [0.1, 0.15) is 44.2 Å². The predicted octanol–water partition coefficient (Wildman–Crippen LogP) is 3.19. The third kappa shape index (κ3) is 2.56. The van der Waals surface area contributed by atoms with E-state index >= 15 is 0 Å². The van der Waals surface area contributed by atoms with E-state index in [1.807, 2.05) is 0 Å². The lowest BCUT2D eigenvalue weighted by Crippen LogP contribution is -2.45. The van der Waals surface area contributed by atoms with E-state index < -0.39 is 0 Å². The molecule has 1 aromatic rings. The molecule has 3 unspecified atom stereocenters. The van der Waals surface area contributed by atoms with E-state index in [2.05, 4.69) is 43.0 Å². The second-order valence-corrected chi connectivity index (χ2v) is 6.63. The number of fused-ring (bicyclic) bond motifs is 1. The monoisotopic (exact) mass is 259 g/mol. The Morgan fingerprint density at radius 1 is 1.11 bits per heavy atom. The van der Waals surface area contributed by atoms with Crippen LogP contribution in [0.5, 0.6) is 0 Å². The predicted molar refractivity (Wildman–Crippen MR) is 77.7 cm³/mol. The smallest absolute Gasteiger partial charge is 0.0695 e. The van der Waals surface area contributed by atoms with Gasteiger partial charge in [-0.25, -0.2) is 0 Å². The van der Waals surface area contributed by atoms with Crippen molar-refractivity contribution in [3.63, 3.8) is 0 Å². The molecule has 1 aliphatic carbocycles. The first-order chi connectivity index (χ1) is 9.15. The van der Waals surface area contributed by atoms with Gasteiger partial charge in [-0.2, -0.15) is 0 Å². The van der Waals surface area contributed by atoms with Crippen LogP contribution in [0.4, 0.5) is 0 Å². The quantitative estimate of drug-likeness (QED) is 0.881. The minimum absolute atomic E-state index is 0.135. The van der Waals surface area contributed by atoms with Gasteiger partial charge in [0, 0.05) is 19.1 Å². The van der Waals surface area contributed by atoms with Gasteiger partial charge < -0.3 is 5.11 Å². The maximum Gasteiger partial charge on any atom is 0.0695 e. The number of benzene rings is 1. The molecular formula is C17H25NO. The number of hydrogen-bond acceptors (Lipinski definition) is 2. The molecule has 0 aromatic heterocycles. The van der Waals surface area contributed by atoms with Crippen molar-refractivity contribution in [2.45, 2.75) is 58.3 Å². The third-order valence-electron chi connectivity index (χ3n) is 5.10. The van der Waals surface area contributed by atoms with Crippen molar-refractivity contribution < 1.29 is 5.11 Å². The van der Waals surface area contributed by atoms with Crippen molar-refractivity contribution in [3.8, 4) is 0 Å². The van der Waals surface area contributed by atoms with Crippen LogP contribution in [0.2, 0.25) is 0 Å². The van der Waals surface area contributed by atoms with Gasteiger partial charge in [-0.05, 0) is 42.2 Å². The van der Waals surface area contributed by atoms with Crippen LogP contribution in [0.3, 0.4) is 0 Å². The Hall–Kier alpha value is -0.860. The standard InChI is InChI=1S/C17H25NO/c1-12(2)13-7-8-17(19)16(9-13)18-10-14-5-3-4-6-15(14)11-18/h3-6,12-13,16-17,19H,7-11H2,1-2H3. The summed E-state index contributed by atoms with van der Waals surface area (Å²) in [7, 11) is 0. The highest BCUT2D eigenvalue weighted by atomic mass is 16.3. The normalized spacial score (nSPS) is 31.7. The molecule has 1 heterocycles. The van der Waals surface area contributed by atoms with Gasteiger partial charge >= 0.3 is 0 Å². The Morgan fingerprint density at radius 3 is 2.32 bits per heavy atom. The van der Waals surface area contributed by atoms with Crippen LogP contribution in [-0.4, -0.2) is 22.2 Å². The maximum atomic E-state index is 10.4. The van der Waals surface area contributed by atoms with Crippen molar-refractivity contribution in [3.05, 3.63) is 35.4 Å². The molecule has 0 amide bonds. The number of rotatable bonds is 2. The highest BCUT2D eigenvalue weighted by molar-refractivity contribution is 5.30. The lowest BCUT2D eigenvalue weighted by Gasteiger charge is -2.40. The summed E-state index contributed by atoms with van der Waals surface area (Å²) in [5.74, 6) is 1.51. The van der Waals surface area contributed by atoms with E-state index in [9.17, 15) is 5.11 Å². The van der Waals surface area contributed by atoms with Crippen molar-refractivity contribution in [2.75, 3.05) is 0 Å². The van der Waals surface area contributed by atoms with Gasteiger partial charge in [0.2, 0.25) is 0 Å². The zero-order chi connectivity index (χ0) is 13.4. The van der Waals surface area contributed by atoms with E-state index in [4.69, 9.17) is 0 Å². The van der Waals surface area contributed by atoms with E-state index in [0.29, 0.717) is 6.04 Å². The summed E-state index contributed by atoms with van der Waals surface area (Å²) in [6.45, 7) is 6.67. The lowest BCUT2D eigenvalue weighted by atomic mass is 9.77. The van der Waals surface area contributed by atoms with E-state index in [-0.39, 0.29) is 6.10 Å². The summed E-state index contributed by atoms with van der Waals surface area (Å²) in [5, 5.41) is 10.4. The Labute approximate surface area is 116 Å². The molecule has 19 heavy (non-hydrogen) atoms. The van der Waals surface area contributed by atoms with E-state index in [0.717, 1.165) is 37.8 Å². The first-order valence-electron chi connectivity index (χ1n) is 7.64. The van der Waals surface area contributed by atoms with E-state index in [1.165, 1.54) is 17.5 Å². The first kappa shape index (κ1) is 13.1. The number of nitrogens with zero attached hydrogens (tertiary/aromatic N) is 1. The third-order valence-corrected chi connectivity index (χ3v) is 5.10. The van der Waals surface area contributed by atoms with Crippen LogP contribution >= 0.6 is 0 Å². The van der Waals surface area contributed by atoms with E-state index in [1.54, 1.807) is 0 Å². The van der Waals surface area contributed by atoms with Crippen molar-refractivity contribution in [1.29, 1.82) is 0 Å². The largest absolute Gasteiger partial charge is 0.391 e. The topological polar surface area (TPSA) is 23.5 Å². The SMILES string of the molecule is CC(C)C1CCC(O)C(N2Cc3ccccc3C2)C1. The fourth-order valence-electron chi connectivity index (χ4n) is 3.75. The van der Waals surface area contributed by atoms with Gasteiger partial charge in [0.1, 0.15) is 0 Å². The van der Waals surface area contributed by atoms with Gasteiger partial charge in [0.05, 0.1) is 6.10 Å². The summed E-state index contributed by atoms with van der Waals surface area (Å²) in [6, 6.07) is 9.05. The molecule has 0 radical (unpaired) electrons. The van der Waals surface area contributed by atoms with Gasteiger partial charge in [-0.15, -0.1) is 0 Å². The highest BCUT2D eigenvalue weighted by Gasteiger charge is 2.36. The maximum absolute atomic E-state index is 10.4. The minimum atomic E-state index is -0.135. The molecule has 2 nitrogen and oxygen atoms in total. The molecule has 2 heteroatoms. The molecule has 1 aromatic carbocycles. The highest BCUT2D eigenvalue weighted by Crippen LogP contribution is 2.36. The second-order valence-electron chi connectivity index (χ2n) is 6.63. The molecule has 0 saturated heterocycles. The number of hydrogen-bond donors (Lipinski definition) is 1. The molecule has 104 valence electrons. The number of aliphatic hydroxyl groups excluding tert-OH is 1. The van der Waals surface area contributed by atoms with Crippen LogP contribution in [-0.2, 0) is 13.1 Å². The molecule has 1 aliphatic heterocycles. The van der Waals surface area contributed by atoms with Gasteiger partial charge in [0.15, 0.2) is 0 Å².